The third-order valence-corrected chi connectivity index (χ3v) is 10.5. The molecule has 1 aliphatic carbocycles. The third kappa shape index (κ3) is 5.29. The number of amides is 1. The van der Waals surface area contributed by atoms with Crippen LogP contribution in [0.3, 0.4) is 0 Å². The summed E-state index contributed by atoms with van der Waals surface area (Å²) in [5.74, 6) is 0.773. The lowest BCUT2D eigenvalue weighted by molar-refractivity contribution is -0.128. The van der Waals surface area contributed by atoms with Gasteiger partial charge in [0.15, 0.2) is 0 Å². The summed E-state index contributed by atoms with van der Waals surface area (Å²) in [4.78, 5) is 31.9. The highest BCUT2D eigenvalue weighted by molar-refractivity contribution is 5.97. The smallest absolute Gasteiger partial charge is 0.318 e. The number of carbonyl (C=O) groups is 1. The molecular formula is C36H43N7O2. The monoisotopic (exact) mass is 605 g/mol. The zero-order chi connectivity index (χ0) is 31.3. The van der Waals surface area contributed by atoms with Gasteiger partial charge in [0.2, 0.25) is 5.91 Å². The molecule has 1 saturated carbocycles. The van der Waals surface area contributed by atoms with Gasteiger partial charge in [-0.25, -0.2) is 0 Å². The second kappa shape index (κ2) is 11.6. The molecule has 1 amide bonds. The number of benzene rings is 2. The summed E-state index contributed by atoms with van der Waals surface area (Å²) in [6, 6.07) is 16.5. The number of aromatic nitrogens is 2. The Kier molecular flexibility index (Phi) is 7.65. The van der Waals surface area contributed by atoms with E-state index < -0.39 is 0 Å². The number of nitrogens with zero attached hydrogens (tertiary/aromatic N) is 7. The van der Waals surface area contributed by atoms with E-state index in [0.29, 0.717) is 50.9 Å². The number of likely N-dealkylation sites (tertiary alicyclic amines) is 1. The van der Waals surface area contributed by atoms with Crippen molar-refractivity contribution in [3.8, 4) is 12.1 Å². The Labute approximate surface area is 266 Å². The number of hydrogen-bond acceptors (Lipinski definition) is 8. The lowest BCUT2D eigenvalue weighted by atomic mass is 9.92. The van der Waals surface area contributed by atoms with E-state index >= 15 is 0 Å². The van der Waals surface area contributed by atoms with E-state index in [1.54, 1.807) is 4.90 Å². The zero-order valence-corrected chi connectivity index (χ0v) is 26.7. The van der Waals surface area contributed by atoms with Crippen LogP contribution in [-0.4, -0.2) is 82.1 Å². The molecule has 45 heavy (non-hydrogen) atoms. The summed E-state index contributed by atoms with van der Waals surface area (Å²) in [7, 11) is 0. The number of ether oxygens (including phenoxy) is 1. The maximum atomic E-state index is 12.6. The van der Waals surface area contributed by atoms with Crippen LogP contribution in [0.15, 0.2) is 49.1 Å². The van der Waals surface area contributed by atoms with Crippen LogP contribution in [0.2, 0.25) is 0 Å². The average Bonchev–Trinajstić information content (AvgIpc) is 3.79. The van der Waals surface area contributed by atoms with Gasteiger partial charge in [0.05, 0.1) is 30.8 Å². The minimum atomic E-state index is -0.229. The van der Waals surface area contributed by atoms with Gasteiger partial charge in [0, 0.05) is 66.9 Å². The van der Waals surface area contributed by atoms with Crippen molar-refractivity contribution >= 4 is 28.2 Å². The first-order valence-electron chi connectivity index (χ1n) is 16.4. The van der Waals surface area contributed by atoms with Gasteiger partial charge in [-0.2, -0.15) is 15.2 Å². The molecule has 7 rings (SSSR count). The molecule has 0 bridgehead atoms. The molecule has 234 valence electrons. The molecule has 9 heteroatoms. The third-order valence-electron chi connectivity index (χ3n) is 10.5. The van der Waals surface area contributed by atoms with Gasteiger partial charge in [-0.3, -0.25) is 9.69 Å². The molecule has 0 N–H and O–H groups in total. The summed E-state index contributed by atoms with van der Waals surface area (Å²) in [6.07, 6.45) is 5.83. The van der Waals surface area contributed by atoms with E-state index in [1.807, 2.05) is 0 Å². The molecule has 2 aromatic carbocycles. The molecule has 3 aliphatic heterocycles. The van der Waals surface area contributed by atoms with Gasteiger partial charge in [0.25, 0.3) is 0 Å². The Balaban J connectivity index is 1.26. The number of carbonyl (C=O) groups excluding carboxylic acids is 1. The Bertz CT molecular complexity index is 1670. The maximum absolute atomic E-state index is 12.6. The van der Waals surface area contributed by atoms with Crippen molar-refractivity contribution in [1.29, 1.82) is 5.26 Å². The Hall–Kier alpha value is -4.16. The van der Waals surface area contributed by atoms with Gasteiger partial charge in [-0.15, -0.1) is 0 Å². The van der Waals surface area contributed by atoms with Gasteiger partial charge >= 0.3 is 6.01 Å². The van der Waals surface area contributed by atoms with Crippen LogP contribution in [0.1, 0.15) is 56.4 Å². The van der Waals surface area contributed by atoms with Crippen LogP contribution < -0.4 is 14.5 Å². The normalized spacial score (nSPS) is 22.2. The first-order valence-corrected chi connectivity index (χ1v) is 16.4. The summed E-state index contributed by atoms with van der Waals surface area (Å²) < 4.78 is 6.40. The summed E-state index contributed by atoms with van der Waals surface area (Å²) in [5.41, 5.74) is 4.76. The number of aryl methyl sites for hydroxylation is 1. The number of anilines is 2. The van der Waals surface area contributed by atoms with Gasteiger partial charge in [-0.05, 0) is 63.1 Å². The fourth-order valence-corrected chi connectivity index (χ4v) is 7.76. The van der Waals surface area contributed by atoms with Crippen LogP contribution in [-0.2, 0) is 17.8 Å². The van der Waals surface area contributed by atoms with Crippen LogP contribution in [0.4, 0.5) is 11.5 Å². The largest absolute Gasteiger partial charge is 0.462 e. The summed E-state index contributed by atoms with van der Waals surface area (Å²) >= 11 is 0. The van der Waals surface area contributed by atoms with E-state index in [-0.39, 0.29) is 23.9 Å². The predicted molar refractivity (Wildman–Crippen MR) is 176 cm³/mol. The number of nitriles is 1. The first-order chi connectivity index (χ1) is 21.8. The van der Waals surface area contributed by atoms with E-state index in [4.69, 9.17) is 14.7 Å². The molecule has 0 radical (unpaired) electrons. The lowest BCUT2D eigenvalue weighted by Gasteiger charge is -2.44. The van der Waals surface area contributed by atoms with Crippen LogP contribution >= 0.6 is 0 Å². The molecule has 1 aromatic heterocycles. The van der Waals surface area contributed by atoms with E-state index in [1.165, 1.54) is 33.7 Å². The number of rotatable bonds is 8. The minimum Gasteiger partial charge on any atom is -0.462 e. The highest BCUT2D eigenvalue weighted by atomic mass is 16.5. The van der Waals surface area contributed by atoms with Crippen molar-refractivity contribution in [2.24, 2.45) is 0 Å². The van der Waals surface area contributed by atoms with Crippen molar-refractivity contribution in [1.82, 2.24) is 19.8 Å². The molecule has 2 atom stereocenters. The zero-order valence-electron chi connectivity index (χ0n) is 26.7. The van der Waals surface area contributed by atoms with Crippen molar-refractivity contribution < 1.29 is 9.53 Å². The minimum absolute atomic E-state index is 0.0282. The summed E-state index contributed by atoms with van der Waals surface area (Å²) in [6.45, 7) is 14.4. The average molecular weight is 606 g/mol. The second-order valence-corrected chi connectivity index (χ2v) is 13.5. The Morgan fingerprint density at radius 3 is 2.64 bits per heavy atom. The first kappa shape index (κ1) is 29.5. The fourth-order valence-electron chi connectivity index (χ4n) is 7.76. The molecule has 3 aromatic rings. The molecule has 1 spiro atoms. The molecule has 3 fully saturated rings. The highest BCUT2D eigenvalue weighted by Crippen LogP contribution is 2.53. The maximum Gasteiger partial charge on any atom is 0.318 e. The SMILES string of the molecule is C=CC(=O)N1CCN(c2nc(OCC3CCN3C(C)C)nc3c2CC2(CC2)N(c2cccc4cccc(C)c24)C3)C[C@@H]1CC#N. The molecule has 9 nitrogen and oxygen atoms in total. The van der Waals surface area contributed by atoms with Gasteiger partial charge < -0.3 is 19.4 Å². The number of hydrogen-bond donors (Lipinski definition) is 0. The molecule has 1 unspecified atom stereocenters. The molecular weight excluding hydrogens is 562 g/mol. The highest BCUT2D eigenvalue weighted by Gasteiger charge is 2.52. The van der Waals surface area contributed by atoms with E-state index in [0.717, 1.165) is 43.7 Å². The molecule has 2 saturated heterocycles. The lowest BCUT2D eigenvalue weighted by Crippen LogP contribution is -2.55. The Morgan fingerprint density at radius 2 is 1.96 bits per heavy atom. The van der Waals surface area contributed by atoms with E-state index in [2.05, 4.69) is 84.5 Å². The second-order valence-electron chi connectivity index (χ2n) is 13.5. The van der Waals surface area contributed by atoms with E-state index in [9.17, 15) is 10.1 Å². The number of fused-ring (bicyclic) bond motifs is 2. The fraction of sp³-hybridized carbons (Fsp3) is 0.500. The van der Waals surface area contributed by atoms with Crippen molar-refractivity contribution in [2.45, 2.75) is 83.1 Å². The van der Waals surface area contributed by atoms with Crippen LogP contribution in [0.5, 0.6) is 6.01 Å². The van der Waals surface area contributed by atoms with Crippen molar-refractivity contribution in [3.05, 3.63) is 65.9 Å². The molecule has 4 heterocycles. The van der Waals surface area contributed by atoms with Crippen LogP contribution in [0.25, 0.3) is 10.8 Å². The quantitative estimate of drug-likeness (QED) is 0.331. The predicted octanol–water partition coefficient (Wildman–Crippen LogP) is 5.01. The topological polar surface area (TPSA) is 88.8 Å². The summed E-state index contributed by atoms with van der Waals surface area (Å²) in [5, 5.41) is 12.2. The molecule has 4 aliphatic rings. The standard InChI is InChI=1S/C36H43N7O2/c1-5-32(44)42-19-18-40(21-27(42)12-16-37)34-29-20-36(14-15-36)43(31-11-7-10-26-9-6-8-25(4)33(26)31)22-30(29)38-35(39-34)45-23-28-13-17-41(28)24(2)3/h5-11,24,27-28H,1,12-15,17-23H2,2-4H3/t27-,28?/m0/s1. The van der Waals surface area contributed by atoms with Gasteiger partial charge in [-0.1, -0.05) is 36.9 Å². The number of piperazine rings is 1. The Morgan fingerprint density at radius 1 is 1.16 bits per heavy atom. The van der Waals surface area contributed by atoms with Crippen LogP contribution in [0, 0.1) is 18.3 Å². The van der Waals surface area contributed by atoms with Gasteiger partial charge in [0.1, 0.15) is 12.4 Å². The van der Waals surface area contributed by atoms with Crippen molar-refractivity contribution in [3.63, 3.8) is 0 Å². The van der Waals surface area contributed by atoms with Crippen molar-refractivity contribution in [2.75, 3.05) is 42.6 Å².